The van der Waals surface area contributed by atoms with Crippen molar-refractivity contribution in [3.8, 4) is 5.75 Å². The largest absolute Gasteiger partial charge is 0.493 e. The zero-order chi connectivity index (χ0) is 19.1. The van der Waals surface area contributed by atoms with Crippen LogP contribution in [0.15, 0.2) is 48.5 Å². The number of ether oxygens (including phenoxy) is 1. The van der Waals surface area contributed by atoms with Gasteiger partial charge in [-0.3, -0.25) is 9.69 Å². The number of carbonyl (C=O) groups is 1. The number of benzene rings is 2. The lowest BCUT2D eigenvalue weighted by atomic mass is 9.99. The molecule has 1 heterocycles. The average molecular weight is 374 g/mol. The molecule has 4 nitrogen and oxygen atoms in total. The molecule has 0 bridgehead atoms. The number of nitrogens with zero attached hydrogens (tertiary/aromatic N) is 1. The molecule has 27 heavy (non-hydrogen) atoms. The Kier molecular flexibility index (Phi) is 6.76. The van der Waals surface area contributed by atoms with Crippen molar-refractivity contribution in [1.82, 2.24) is 10.2 Å². The molecule has 0 aliphatic carbocycles. The molecular weight excluding hydrogens is 350 g/mol. The van der Waals surface area contributed by atoms with E-state index in [9.17, 15) is 13.6 Å². The number of nitrogens with one attached hydrogen (secondary N) is 1. The molecule has 1 N–H and O–H groups in total. The summed E-state index contributed by atoms with van der Waals surface area (Å²) in [6.07, 6.45) is 2.10. The van der Waals surface area contributed by atoms with Gasteiger partial charge in [0.15, 0.2) is 0 Å². The minimum atomic E-state index is -0.642. The molecule has 3 rings (SSSR count). The molecule has 1 saturated heterocycles. The van der Waals surface area contributed by atoms with Crippen LogP contribution in [0.2, 0.25) is 0 Å². The summed E-state index contributed by atoms with van der Waals surface area (Å²) in [5, 5.41) is 2.73. The fourth-order valence-corrected chi connectivity index (χ4v) is 3.33. The highest BCUT2D eigenvalue weighted by molar-refractivity contribution is 5.78. The fraction of sp³-hybridized carbons (Fsp3) is 0.381. The lowest BCUT2D eigenvalue weighted by molar-refractivity contribution is -0.122. The van der Waals surface area contributed by atoms with E-state index in [0.717, 1.165) is 37.7 Å². The van der Waals surface area contributed by atoms with Crippen molar-refractivity contribution < 1.29 is 18.3 Å². The normalized spacial score (nSPS) is 17.5. The molecule has 0 radical (unpaired) electrons. The Morgan fingerprint density at radius 2 is 1.89 bits per heavy atom. The Labute approximate surface area is 158 Å². The Balaban J connectivity index is 1.42. The number of rotatable bonds is 7. The second-order valence-electron chi connectivity index (χ2n) is 6.92. The van der Waals surface area contributed by atoms with Crippen LogP contribution < -0.4 is 10.1 Å². The van der Waals surface area contributed by atoms with E-state index in [1.807, 2.05) is 30.3 Å². The highest BCUT2D eigenvalue weighted by Gasteiger charge is 2.22. The minimum absolute atomic E-state index is 0.113. The molecule has 1 atom stereocenters. The van der Waals surface area contributed by atoms with Gasteiger partial charge in [0, 0.05) is 25.1 Å². The number of halogens is 2. The zero-order valence-corrected chi connectivity index (χ0v) is 15.2. The number of carbonyl (C=O) groups excluding carboxylic acids is 1. The van der Waals surface area contributed by atoms with Gasteiger partial charge in [-0.05, 0) is 49.2 Å². The number of piperidine rings is 1. The maximum Gasteiger partial charge on any atom is 0.234 e. The van der Waals surface area contributed by atoms with Crippen molar-refractivity contribution in [1.29, 1.82) is 0 Å². The van der Waals surface area contributed by atoms with Crippen LogP contribution in [0.4, 0.5) is 8.78 Å². The third-order valence-electron chi connectivity index (χ3n) is 4.61. The lowest BCUT2D eigenvalue weighted by Crippen LogP contribution is -2.43. The van der Waals surface area contributed by atoms with Crippen molar-refractivity contribution in [3.63, 3.8) is 0 Å². The quantitative estimate of drug-likeness (QED) is 0.808. The topological polar surface area (TPSA) is 41.6 Å². The fourth-order valence-electron chi connectivity index (χ4n) is 3.33. The van der Waals surface area contributed by atoms with Gasteiger partial charge < -0.3 is 10.1 Å². The lowest BCUT2D eigenvalue weighted by Gasteiger charge is -2.32. The number of likely N-dealkylation sites (tertiary alicyclic amines) is 1. The van der Waals surface area contributed by atoms with Gasteiger partial charge in [0.2, 0.25) is 5.91 Å². The van der Waals surface area contributed by atoms with Gasteiger partial charge in [-0.1, -0.05) is 18.2 Å². The first-order valence-electron chi connectivity index (χ1n) is 9.20. The van der Waals surface area contributed by atoms with Gasteiger partial charge in [-0.2, -0.15) is 0 Å². The Morgan fingerprint density at radius 3 is 2.63 bits per heavy atom. The molecule has 1 aliphatic rings. The molecule has 1 aliphatic heterocycles. The van der Waals surface area contributed by atoms with Gasteiger partial charge in [0.1, 0.15) is 17.4 Å². The Bertz CT molecular complexity index is 735. The van der Waals surface area contributed by atoms with Crippen molar-refractivity contribution in [3.05, 3.63) is 65.7 Å². The van der Waals surface area contributed by atoms with Crippen molar-refractivity contribution in [2.45, 2.75) is 19.4 Å². The van der Waals surface area contributed by atoms with E-state index >= 15 is 0 Å². The molecule has 1 amide bonds. The molecule has 2 aromatic rings. The summed E-state index contributed by atoms with van der Waals surface area (Å²) < 4.78 is 32.2. The van der Waals surface area contributed by atoms with Gasteiger partial charge in [0.25, 0.3) is 0 Å². The van der Waals surface area contributed by atoms with Crippen LogP contribution in [0.5, 0.6) is 5.75 Å². The van der Waals surface area contributed by atoms with E-state index in [4.69, 9.17) is 4.74 Å². The van der Waals surface area contributed by atoms with Crippen LogP contribution in [-0.4, -0.2) is 37.0 Å². The van der Waals surface area contributed by atoms with Crippen LogP contribution in [0.1, 0.15) is 18.4 Å². The van der Waals surface area contributed by atoms with Crippen molar-refractivity contribution in [2.75, 3.05) is 26.2 Å². The summed E-state index contributed by atoms with van der Waals surface area (Å²) in [4.78, 5) is 14.3. The van der Waals surface area contributed by atoms with Gasteiger partial charge in [-0.25, -0.2) is 8.78 Å². The van der Waals surface area contributed by atoms with E-state index in [1.54, 1.807) is 0 Å². The molecule has 0 spiro atoms. The predicted octanol–water partition coefficient (Wildman–Crippen LogP) is 3.37. The SMILES string of the molecule is O=C(CN1CCCC(COc2ccccc2)C1)NCc1cc(F)cc(F)c1. The first kappa shape index (κ1) is 19.3. The average Bonchev–Trinajstić information content (AvgIpc) is 2.65. The Morgan fingerprint density at radius 1 is 1.15 bits per heavy atom. The van der Waals surface area contributed by atoms with Crippen LogP contribution in [0.3, 0.4) is 0 Å². The summed E-state index contributed by atoms with van der Waals surface area (Å²) in [5.74, 6) is -0.198. The number of para-hydroxylation sites is 1. The molecule has 2 aromatic carbocycles. The standard InChI is InChI=1S/C21H24F2N2O2/c22-18-9-17(10-19(23)11-18)12-24-21(26)14-25-8-4-5-16(13-25)15-27-20-6-2-1-3-7-20/h1-3,6-7,9-11,16H,4-5,8,12-15H2,(H,24,26). The van der Waals surface area contributed by atoms with Crippen molar-refractivity contribution >= 4 is 5.91 Å². The first-order valence-corrected chi connectivity index (χ1v) is 9.20. The molecule has 1 fully saturated rings. The summed E-state index contributed by atoms with van der Waals surface area (Å²) >= 11 is 0. The number of amides is 1. The zero-order valence-electron chi connectivity index (χ0n) is 15.2. The summed E-state index contributed by atoms with van der Waals surface area (Å²) in [5.41, 5.74) is 0.411. The maximum absolute atomic E-state index is 13.2. The van der Waals surface area contributed by atoms with E-state index in [2.05, 4.69) is 10.2 Å². The van der Waals surface area contributed by atoms with E-state index in [1.165, 1.54) is 12.1 Å². The highest BCUT2D eigenvalue weighted by atomic mass is 19.1. The molecule has 1 unspecified atom stereocenters. The third kappa shape index (κ3) is 6.32. The summed E-state index contributed by atoms with van der Waals surface area (Å²) in [6.45, 7) is 2.69. The number of hydrogen-bond donors (Lipinski definition) is 1. The van der Waals surface area contributed by atoms with E-state index < -0.39 is 11.6 Å². The second kappa shape index (κ2) is 9.46. The highest BCUT2D eigenvalue weighted by Crippen LogP contribution is 2.18. The maximum atomic E-state index is 13.2. The smallest absolute Gasteiger partial charge is 0.234 e. The second-order valence-corrected chi connectivity index (χ2v) is 6.92. The van der Waals surface area contributed by atoms with Crippen LogP contribution in [-0.2, 0) is 11.3 Å². The Hall–Kier alpha value is -2.47. The van der Waals surface area contributed by atoms with Gasteiger partial charge in [-0.15, -0.1) is 0 Å². The van der Waals surface area contributed by atoms with Crippen molar-refractivity contribution in [2.24, 2.45) is 5.92 Å². The summed E-state index contributed by atoms with van der Waals surface area (Å²) in [6, 6.07) is 13.0. The molecular formula is C21H24F2N2O2. The first-order chi connectivity index (χ1) is 13.1. The molecule has 6 heteroatoms. The number of hydrogen-bond acceptors (Lipinski definition) is 3. The molecule has 0 saturated carbocycles. The van der Waals surface area contributed by atoms with Crippen LogP contribution in [0, 0.1) is 17.6 Å². The molecule has 144 valence electrons. The van der Waals surface area contributed by atoms with Gasteiger partial charge >= 0.3 is 0 Å². The van der Waals surface area contributed by atoms with Gasteiger partial charge in [0.05, 0.1) is 13.2 Å². The summed E-state index contributed by atoms with van der Waals surface area (Å²) in [7, 11) is 0. The van der Waals surface area contributed by atoms with E-state index in [-0.39, 0.29) is 19.0 Å². The van der Waals surface area contributed by atoms with Crippen LogP contribution in [0.25, 0.3) is 0 Å². The molecule has 0 aromatic heterocycles. The minimum Gasteiger partial charge on any atom is -0.493 e. The van der Waals surface area contributed by atoms with Crippen LogP contribution >= 0.6 is 0 Å². The van der Waals surface area contributed by atoms with E-state index in [0.29, 0.717) is 18.1 Å². The monoisotopic (exact) mass is 374 g/mol. The third-order valence-corrected chi connectivity index (χ3v) is 4.61. The predicted molar refractivity (Wildman–Crippen MR) is 99.3 cm³/mol.